The molecule has 1 N–H and O–H groups in total. The van der Waals surface area contributed by atoms with E-state index in [9.17, 15) is 9.59 Å². The number of methoxy groups -OCH3 is 3. The maximum absolute atomic E-state index is 14.2. The first-order chi connectivity index (χ1) is 18.6. The third-order valence-corrected chi connectivity index (χ3v) is 6.06. The second-order valence-electron chi connectivity index (χ2n) is 9.95. The molecule has 0 unspecified atom stereocenters. The summed E-state index contributed by atoms with van der Waals surface area (Å²) in [5, 5.41) is 11.4. The summed E-state index contributed by atoms with van der Waals surface area (Å²) in [4.78, 5) is 29.7. The Morgan fingerprint density at radius 1 is 0.923 bits per heavy atom. The number of carbonyl (C=O) groups excluding carboxylic acids is 2. The standard InChI is InChI=1S/C29H33N5O5/c1-29(2,3)30-28(36)27(22-17-21(38-5)15-16-25(22)39-6)34(19-11-13-20(37-4)14-12-19)26(35)18-33-24-10-8-7-9-23(24)31-32-33/h7-17,27H,18H2,1-6H3,(H,30,36)/t27-/m0/s1. The predicted molar refractivity (Wildman–Crippen MR) is 148 cm³/mol. The van der Waals surface area contributed by atoms with E-state index >= 15 is 0 Å². The lowest BCUT2D eigenvalue weighted by atomic mass is 9.99. The smallest absolute Gasteiger partial charge is 0.249 e. The molecular weight excluding hydrogens is 498 g/mol. The highest BCUT2D eigenvalue weighted by atomic mass is 16.5. The van der Waals surface area contributed by atoms with Gasteiger partial charge in [-0.25, -0.2) is 4.68 Å². The molecule has 0 saturated heterocycles. The van der Waals surface area contributed by atoms with Crippen LogP contribution in [0.4, 0.5) is 5.69 Å². The summed E-state index contributed by atoms with van der Waals surface area (Å²) in [7, 11) is 4.62. The zero-order valence-electron chi connectivity index (χ0n) is 23.0. The van der Waals surface area contributed by atoms with Crippen molar-refractivity contribution in [2.24, 2.45) is 0 Å². The minimum absolute atomic E-state index is 0.155. The molecule has 10 heteroatoms. The van der Waals surface area contributed by atoms with E-state index in [-0.39, 0.29) is 18.4 Å². The number of nitrogens with one attached hydrogen (secondary N) is 1. The van der Waals surface area contributed by atoms with Gasteiger partial charge in [0.05, 0.1) is 26.8 Å². The Balaban J connectivity index is 1.89. The molecule has 39 heavy (non-hydrogen) atoms. The molecule has 0 aliphatic carbocycles. The third-order valence-electron chi connectivity index (χ3n) is 6.06. The molecule has 0 radical (unpaired) electrons. The molecule has 1 heterocycles. The Labute approximate surface area is 227 Å². The van der Waals surface area contributed by atoms with Crippen LogP contribution in [0.3, 0.4) is 0 Å². The molecule has 4 rings (SSSR count). The van der Waals surface area contributed by atoms with Gasteiger partial charge in [0.25, 0.3) is 0 Å². The molecular formula is C29H33N5O5. The number of amides is 2. The highest BCUT2D eigenvalue weighted by Crippen LogP contribution is 2.37. The lowest BCUT2D eigenvalue weighted by molar-refractivity contribution is -0.128. The van der Waals surface area contributed by atoms with Gasteiger partial charge in [-0.2, -0.15) is 0 Å². The Bertz CT molecular complexity index is 1460. The van der Waals surface area contributed by atoms with Gasteiger partial charge < -0.3 is 19.5 Å². The molecule has 10 nitrogen and oxygen atoms in total. The first-order valence-electron chi connectivity index (χ1n) is 12.4. The lowest BCUT2D eigenvalue weighted by Crippen LogP contribution is -2.50. The van der Waals surface area contributed by atoms with Crippen molar-refractivity contribution in [1.82, 2.24) is 20.3 Å². The summed E-state index contributed by atoms with van der Waals surface area (Å²) in [6, 6.07) is 18.4. The summed E-state index contributed by atoms with van der Waals surface area (Å²) < 4.78 is 18.0. The fraction of sp³-hybridized carbons (Fsp3) is 0.310. The zero-order chi connectivity index (χ0) is 28.2. The molecule has 0 aliphatic heterocycles. The van der Waals surface area contributed by atoms with E-state index in [0.29, 0.717) is 39.5 Å². The predicted octanol–water partition coefficient (Wildman–Crippen LogP) is 4.15. The van der Waals surface area contributed by atoms with Crippen LogP contribution < -0.4 is 24.4 Å². The van der Waals surface area contributed by atoms with Gasteiger partial charge in [-0.1, -0.05) is 17.3 Å². The number of nitrogens with zero attached hydrogens (tertiary/aromatic N) is 4. The van der Waals surface area contributed by atoms with E-state index in [0.717, 1.165) is 0 Å². The number of aromatic nitrogens is 3. The first kappa shape index (κ1) is 27.4. The number of para-hydroxylation sites is 1. The van der Waals surface area contributed by atoms with E-state index in [1.165, 1.54) is 23.8 Å². The minimum Gasteiger partial charge on any atom is -0.497 e. The van der Waals surface area contributed by atoms with E-state index in [2.05, 4.69) is 15.6 Å². The number of benzene rings is 3. The molecule has 0 aliphatic rings. The highest BCUT2D eigenvalue weighted by molar-refractivity contribution is 6.02. The number of hydrogen-bond donors (Lipinski definition) is 1. The van der Waals surface area contributed by atoms with Gasteiger partial charge in [0.15, 0.2) is 0 Å². The zero-order valence-corrected chi connectivity index (χ0v) is 23.0. The van der Waals surface area contributed by atoms with Crippen LogP contribution in [0.2, 0.25) is 0 Å². The number of fused-ring (bicyclic) bond motifs is 1. The SMILES string of the molecule is COc1ccc(N(C(=O)Cn2nnc3ccccc32)[C@H](C(=O)NC(C)(C)C)c2cc(OC)ccc2OC)cc1. The largest absolute Gasteiger partial charge is 0.497 e. The average molecular weight is 532 g/mol. The molecule has 1 aromatic heterocycles. The third kappa shape index (κ3) is 6.11. The van der Waals surface area contributed by atoms with Crippen molar-refractivity contribution >= 4 is 28.5 Å². The van der Waals surface area contributed by atoms with Crippen molar-refractivity contribution < 1.29 is 23.8 Å². The number of carbonyl (C=O) groups is 2. The fourth-order valence-corrected chi connectivity index (χ4v) is 4.31. The van der Waals surface area contributed by atoms with Gasteiger partial charge in [-0.3, -0.25) is 14.5 Å². The van der Waals surface area contributed by atoms with Crippen LogP contribution in [0.5, 0.6) is 17.2 Å². The van der Waals surface area contributed by atoms with Crippen molar-refractivity contribution in [1.29, 1.82) is 0 Å². The van der Waals surface area contributed by atoms with Gasteiger partial charge in [0, 0.05) is 16.8 Å². The molecule has 3 aromatic carbocycles. The van der Waals surface area contributed by atoms with Crippen LogP contribution in [0.25, 0.3) is 11.0 Å². The normalized spacial score (nSPS) is 12.1. The molecule has 0 saturated carbocycles. The molecule has 1 atom stereocenters. The summed E-state index contributed by atoms with van der Waals surface area (Å²) in [6.07, 6.45) is 0. The quantitative estimate of drug-likeness (QED) is 0.346. The van der Waals surface area contributed by atoms with Gasteiger partial charge >= 0.3 is 0 Å². The molecule has 0 spiro atoms. The molecule has 2 amide bonds. The van der Waals surface area contributed by atoms with E-state index < -0.39 is 11.6 Å². The van der Waals surface area contributed by atoms with Crippen molar-refractivity contribution in [3.8, 4) is 17.2 Å². The fourth-order valence-electron chi connectivity index (χ4n) is 4.31. The van der Waals surface area contributed by atoms with Crippen LogP contribution in [-0.4, -0.2) is 53.7 Å². The lowest BCUT2D eigenvalue weighted by Gasteiger charge is -2.34. The summed E-state index contributed by atoms with van der Waals surface area (Å²) in [5.74, 6) is 0.797. The topological polar surface area (TPSA) is 108 Å². The molecule has 4 aromatic rings. The number of ether oxygens (including phenoxy) is 3. The van der Waals surface area contributed by atoms with Crippen molar-refractivity contribution in [2.75, 3.05) is 26.2 Å². The van der Waals surface area contributed by atoms with Gasteiger partial charge in [0.2, 0.25) is 11.8 Å². The summed E-state index contributed by atoms with van der Waals surface area (Å²) in [6.45, 7) is 5.49. The van der Waals surface area contributed by atoms with Crippen LogP contribution in [0.1, 0.15) is 32.4 Å². The Hall–Kier alpha value is -4.60. The van der Waals surface area contributed by atoms with Crippen molar-refractivity contribution in [3.63, 3.8) is 0 Å². The number of hydrogen-bond acceptors (Lipinski definition) is 7. The van der Waals surface area contributed by atoms with Gasteiger partial charge in [-0.15, -0.1) is 5.10 Å². The molecule has 204 valence electrons. The number of rotatable bonds is 9. The van der Waals surface area contributed by atoms with Crippen LogP contribution in [0.15, 0.2) is 66.7 Å². The summed E-state index contributed by atoms with van der Waals surface area (Å²) >= 11 is 0. The van der Waals surface area contributed by atoms with Crippen LogP contribution in [-0.2, 0) is 16.1 Å². The second-order valence-corrected chi connectivity index (χ2v) is 9.95. The number of anilines is 1. The summed E-state index contributed by atoms with van der Waals surface area (Å²) in [5.41, 5.74) is 1.75. The van der Waals surface area contributed by atoms with E-state index in [1.807, 2.05) is 45.0 Å². The highest BCUT2D eigenvalue weighted by Gasteiger charge is 2.37. The van der Waals surface area contributed by atoms with Gasteiger partial charge in [0.1, 0.15) is 35.4 Å². The maximum atomic E-state index is 14.2. The van der Waals surface area contributed by atoms with E-state index in [4.69, 9.17) is 14.2 Å². The Morgan fingerprint density at radius 2 is 1.59 bits per heavy atom. The average Bonchev–Trinajstić information content (AvgIpc) is 3.33. The molecule has 0 bridgehead atoms. The monoisotopic (exact) mass is 531 g/mol. The van der Waals surface area contributed by atoms with Gasteiger partial charge in [-0.05, 0) is 75.4 Å². The second kappa shape index (κ2) is 11.4. The minimum atomic E-state index is -1.11. The van der Waals surface area contributed by atoms with Crippen LogP contribution in [0, 0.1) is 0 Å². The maximum Gasteiger partial charge on any atom is 0.249 e. The van der Waals surface area contributed by atoms with Crippen molar-refractivity contribution in [2.45, 2.75) is 38.9 Å². The van der Waals surface area contributed by atoms with Crippen molar-refractivity contribution in [3.05, 3.63) is 72.3 Å². The van der Waals surface area contributed by atoms with E-state index in [1.54, 1.807) is 49.6 Å². The Kier molecular flexibility index (Phi) is 8.04. The first-order valence-corrected chi connectivity index (χ1v) is 12.4. The Morgan fingerprint density at radius 3 is 2.23 bits per heavy atom. The molecule has 0 fully saturated rings. The van der Waals surface area contributed by atoms with Crippen LogP contribution >= 0.6 is 0 Å².